The number of thiophene rings is 1. The lowest BCUT2D eigenvalue weighted by Crippen LogP contribution is -2.46. The summed E-state index contributed by atoms with van der Waals surface area (Å²) in [6.45, 7) is 5.74. The fourth-order valence-corrected chi connectivity index (χ4v) is 5.01. The van der Waals surface area contributed by atoms with E-state index in [9.17, 15) is 8.42 Å². The smallest absolute Gasteiger partial charge is 0.250 e. The second-order valence-electron chi connectivity index (χ2n) is 5.03. The maximum Gasteiger partial charge on any atom is 0.250 e. The van der Waals surface area contributed by atoms with Crippen molar-refractivity contribution in [3.63, 3.8) is 0 Å². The number of hydrogen-bond acceptors (Lipinski definition) is 4. The Morgan fingerprint density at radius 1 is 1.44 bits per heavy atom. The number of aryl methyl sites for hydroxylation is 2. The van der Waals surface area contributed by atoms with E-state index in [1.54, 1.807) is 6.07 Å². The highest BCUT2D eigenvalue weighted by molar-refractivity contribution is 7.91. The highest BCUT2D eigenvalue weighted by Crippen LogP contribution is 2.25. The molecule has 2 rings (SSSR count). The molecule has 1 aromatic rings. The van der Waals surface area contributed by atoms with Crippen LogP contribution in [0.3, 0.4) is 0 Å². The molecule has 1 aliphatic rings. The van der Waals surface area contributed by atoms with Gasteiger partial charge in [-0.15, -0.1) is 11.3 Å². The molecule has 0 saturated carbocycles. The molecule has 1 N–H and O–H groups in total. The minimum Gasteiger partial charge on any atom is -0.305 e. The minimum atomic E-state index is -3.34. The molecule has 0 spiro atoms. The molecule has 18 heavy (non-hydrogen) atoms. The topological polar surface area (TPSA) is 49.4 Å². The third-order valence-electron chi connectivity index (χ3n) is 3.35. The van der Waals surface area contributed by atoms with Gasteiger partial charge in [-0.05, 0) is 51.9 Å². The summed E-state index contributed by atoms with van der Waals surface area (Å²) in [4.78, 5) is 3.23. The third kappa shape index (κ3) is 3.12. The SMILES string of the molecule is Cc1cc(S(=O)(=O)NC2CCCN(C)C2)sc1C. The molecular weight excluding hydrogens is 268 g/mol. The molecule has 1 atom stereocenters. The van der Waals surface area contributed by atoms with Crippen molar-refractivity contribution in [3.05, 3.63) is 16.5 Å². The van der Waals surface area contributed by atoms with Crippen molar-refractivity contribution in [2.24, 2.45) is 0 Å². The minimum absolute atomic E-state index is 0.0384. The van der Waals surface area contributed by atoms with Gasteiger partial charge in [-0.3, -0.25) is 0 Å². The van der Waals surface area contributed by atoms with Gasteiger partial charge in [0, 0.05) is 17.5 Å². The Morgan fingerprint density at radius 3 is 2.72 bits per heavy atom. The summed E-state index contributed by atoms with van der Waals surface area (Å²) >= 11 is 1.35. The summed E-state index contributed by atoms with van der Waals surface area (Å²) in [5.41, 5.74) is 1.04. The number of likely N-dealkylation sites (N-methyl/N-ethyl adjacent to an activating group) is 1. The predicted octanol–water partition coefficient (Wildman–Crippen LogP) is 1.74. The Kier molecular flexibility index (Phi) is 4.11. The number of nitrogens with one attached hydrogen (secondary N) is 1. The lowest BCUT2D eigenvalue weighted by molar-refractivity contribution is 0.242. The van der Waals surface area contributed by atoms with Gasteiger partial charge in [0.15, 0.2) is 0 Å². The van der Waals surface area contributed by atoms with Gasteiger partial charge in [0.2, 0.25) is 10.0 Å². The molecule has 0 bridgehead atoms. The van der Waals surface area contributed by atoms with Crippen molar-refractivity contribution in [2.45, 2.75) is 36.9 Å². The van der Waals surface area contributed by atoms with Gasteiger partial charge in [-0.25, -0.2) is 13.1 Å². The number of piperidine rings is 1. The monoisotopic (exact) mass is 288 g/mol. The highest BCUT2D eigenvalue weighted by atomic mass is 32.2. The van der Waals surface area contributed by atoms with E-state index >= 15 is 0 Å². The average molecular weight is 288 g/mol. The summed E-state index contributed by atoms with van der Waals surface area (Å²) in [6.07, 6.45) is 1.97. The van der Waals surface area contributed by atoms with Gasteiger partial charge in [0.05, 0.1) is 0 Å². The van der Waals surface area contributed by atoms with Crippen molar-refractivity contribution >= 4 is 21.4 Å². The molecule has 0 amide bonds. The Hall–Kier alpha value is -0.430. The maximum atomic E-state index is 12.3. The average Bonchev–Trinajstić information content (AvgIpc) is 2.59. The highest BCUT2D eigenvalue weighted by Gasteiger charge is 2.25. The summed E-state index contributed by atoms with van der Waals surface area (Å²) in [7, 11) is -1.32. The van der Waals surface area contributed by atoms with Crippen LogP contribution in [0.2, 0.25) is 0 Å². The van der Waals surface area contributed by atoms with Crippen LogP contribution in [0.1, 0.15) is 23.3 Å². The first-order valence-corrected chi connectivity index (χ1v) is 8.46. The Bertz CT molecular complexity index is 503. The number of likely N-dealkylation sites (tertiary alicyclic amines) is 1. The zero-order valence-electron chi connectivity index (χ0n) is 11.1. The van der Waals surface area contributed by atoms with E-state index in [-0.39, 0.29) is 6.04 Å². The number of sulfonamides is 1. The largest absolute Gasteiger partial charge is 0.305 e. The fourth-order valence-electron chi connectivity index (χ4n) is 2.21. The Labute approximate surface area is 113 Å². The normalized spacial score (nSPS) is 22.3. The molecule has 1 unspecified atom stereocenters. The van der Waals surface area contributed by atoms with Crippen LogP contribution in [0.4, 0.5) is 0 Å². The van der Waals surface area contributed by atoms with Crippen LogP contribution in [-0.2, 0) is 10.0 Å². The molecule has 1 fully saturated rings. The van der Waals surface area contributed by atoms with Crippen LogP contribution in [0.15, 0.2) is 10.3 Å². The van der Waals surface area contributed by atoms with Gasteiger partial charge in [-0.2, -0.15) is 0 Å². The zero-order valence-corrected chi connectivity index (χ0v) is 12.7. The van der Waals surface area contributed by atoms with Gasteiger partial charge in [-0.1, -0.05) is 0 Å². The lowest BCUT2D eigenvalue weighted by Gasteiger charge is -2.29. The Morgan fingerprint density at radius 2 is 2.17 bits per heavy atom. The number of rotatable bonds is 3. The van der Waals surface area contributed by atoms with Crippen molar-refractivity contribution in [3.8, 4) is 0 Å². The number of hydrogen-bond donors (Lipinski definition) is 1. The first-order chi connectivity index (χ1) is 8.38. The van der Waals surface area contributed by atoms with Crippen LogP contribution >= 0.6 is 11.3 Å². The summed E-state index contributed by atoms with van der Waals surface area (Å²) in [5.74, 6) is 0. The van der Waals surface area contributed by atoms with E-state index in [1.165, 1.54) is 11.3 Å². The zero-order chi connectivity index (χ0) is 13.3. The van der Waals surface area contributed by atoms with Crippen LogP contribution in [-0.4, -0.2) is 39.5 Å². The molecule has 0 aromatic carbocycles. The second-order valence-corrected chi connectivity index (χ2v) is 8.22. The van der Waals surface area contributed by atoms with E-state index in [0.717, 1.165) is 36.4 Å². The van der Waals surface area contributed by atoms with Crippen LogP contribution in [0, 0.1) is 13.8 Å². The first-order valence-electron chi connectivity index (χ1n) is 6.16. The van der Waals surface area contributed by atoms with Crippen molar-refractivity contribution < 1.29 is 8.42 Å². The van der Waals surface area contributed by atoms with Crippen LogP contribution < -0.4 is 4.72 Å². The van der Waals surface area contributed by atoms with Gasteiger partial charge < -0.3 is 4.90 Å². The molecule has 2 heterocycles. The molecule has 0 aliphatic carbocycles. The van der Waals surface area contributed by atoms with Gasteiger partial charge in [0.25, 0.3) is 0 Å². The molecule has 1 saturated heterocycles. The van der Waals surface area contributed by atoms with Crippen LogP contribution in [0.25, 0.3) is 0 Å². The second kappa shape index (κ2) is 5.28. The van der Waals surface area contributed by atoms with Crippen molar-refractivity contribution in [2.75, 3.05) is 20.1 Å². The lowest BCUT2D eigenvalue weighted by atomic mass is 10.1. The van der Waals surface area contributed by atoms with E-state index in [4.69, 9.17) is 0 Å². The fraction of sp³-hybridized carbons (Fsp3) is 0.667. The van der Waals surface area contributed by atoms with E-state index < -0.39 is 10.0 Å². The number of nitrogens with zero attached hydrogens (tertiary/aromatic N) is 1. The van der Waals surface area contributed by atoms with E-state index in [0.29, 0.717) is 4.21 Å². The Balaban J connectivity index is 2.12. The van der Waals surface area contributed by atoms with Crippen molar-refractivity contribution in [1.82, 2.24) is 9.62 Å². The van der Waals surface area contributed by atoms with Crippen molar-refractivity contribution in [1.29, 1.82) is 0 Å². The molecule has 6 heteroatoms. The molecule has 0 radical (unpaired) electrons. The quantitative estimate of drug-likeness (QED) is 0.921. The summed E-state index contributed by atoms with van der Waals surface area (Å²) < 4.78 is 27.8. The standard InChI is InChI=1S/C12H20N2O2S2/c1-9-7-12(17-10(9)2)18(15,16)13-11-5-4-6-14(3)8-11/h7,11,13H,4-6,8H2,1-3H3. The summed E-state index contributed by atoms with van der Waals surface area (Å²) in [6, 6.07) is 1.80. The summed E-state index contributed by atoms with van der Waals surface area (Å²) in [5, 5.41) is 0. The molecule has 1 aliphatic heterocycles. The third-order valence-corrected chi connectivity index (χ3v) is 6.50. The van der Waals surface area contributed by atoms with Gasteiger partial charge in [0.1, 0.15) is 4.21 Å². The van der Waals surface area contributed by atoms with E-state index in [2.05, 4.69) is 9.62 Å². The maximum absolute atomic E-state index is 12.3. The van der Waals surface area contributed by atoms with E-state index in [1.807, 2.05) is 20.9 Å². The molecule has 102 valence electrons. The predicted molar refractivity (Wildman–Crippen MR) is 74.6 cm³/mol. The molecular formula is C12H20N2O2S2. The first kappa shape index (κ1) is 14.0. The van der Waals surface area contributed by atoms with Gasteiger partial charge >= 0.3 is 0 Å². The molecule has 1 aromatic heterocycles. The molecule has 4 nitrogen and oxygen atoms in total. The van der Waals surface area contributed by atoms with Crippen LogP contribution in [0.5, 0.6) is 0 Å².